The third-order valence-electron chi connectivity index (χ3n) is 7.74. The number of fused-ring (bicyclic) bond motifs is 3. The monoisotopic (exact) mass is 488 g/mol. The van der Waals surface area contributed by atoms with Crippen LogP contribution in [0.4, 0.5) is 5.82 Å². The molecule has 3 fully saturated rings. The highest BCUT2D eigenvalue weighted by atomic mass is 16.5. The van der Waals surface area contributed by atoms with Crippen molar-refractivity contribution < 1.29 is 9.47 Å². The fourth-order valence-electron chi connectivity index (χ4n) is 6.03. The summed E-state index contributed by atoms with van der Waals surface area (Å²) in [4.78, 5) is 7.44. The Kier molecular flexibility index (Phi) is 5.14. The lowest BCUT2D eigenvalue weighted by Crippen LogP contribution is -2.43. The molecule has 36 heavy (non-hydrogen) atoms. The van der Waals surface area contributed by atoms with Crippen molar-refractivity contribution in [1.29, 1.82) is 0 Å². The van der Waals surface area contributed by atoms with Gasteiger partial charge in [-0.25, -0.2) is 14.2 Å². The Morgan fingerprint density at radius 2 is 1.81 bits per heavy atom. The van der Waals surface area contributed by atoms with Gasteiger partial charge in [0.25, 0.3) is 0 Å². The molecule has 7 heterocycles. The standard InChI is InChI=1S/C26H32N8O2/c1-16-12-22(33(29-16)24-6-4-5-11-35-24)26-28-17(2)25-20(21-9-10-27-31(21)3)13-23(30-34(25)26)32-14-18-7-8-19(15-32)36-18/h9-10,12-13,18-19,24H,4-8,11,14-15H2,1-3H3. The fourth-order valence-corrected chi connectivity index (χ4v) is 6.03. The van der Waals surface area contributed by atoms with E-state index in [0.29, 0.717) is 0 Å². The molecule has 0 radical (unpaired) electrons. The maximum absolute atomic E-state index is 6.12. The quantitative estimate of drug-likeness (QED) is 0.433. The van der Waals surface area contributed by atoms with Crippen LogP contribution in [0.15, 0.2) is 24.4 Å². The first-order valence-corrected chi connectivity index (χ1v) is 13.0. The van der Waals surface area contributed by atoms with Crippen molar-refractivity contribution in [2.24, 2.45) is 7.05 Å². The SMILES string of the molecule is Cc1cc(-c2nc(C)c3c(-c4ccnn4C)cc(N4CC5CCC(C4)O5)nn23)n(C2CCCCO2)n1. The van der Waals surface area contributed by atoms with Gasteiger partial charge in [0.2, 0.25) is 0 Å². The van der Waals surface area contributed by atoms with Gasteiger partial charge in [-0.2, -0.15) is 10.2 Å². The van der Waals surface area contributed by atoms with Crippen LogP contribution in [0, 0.1) is 13.8 Å². The minimum absolute atomic E-state index is 0.0790. The second-order valence-electron chi connectivity index (χ2n) is 10.3. The van der Waals surface area contributed by atoms with E-state index >= 15 is 0 Å². The minimum atomic E-state index is -0.0790. The zero-order valence-corrected chi connectivity index (χ0v) is 21.1. The Morgan fingerprint density at radius 1 is 0.972 bits per heavy atom. The van der Waals surface area contributed by atoms with Gasteiger partial charge in [0.05, 0.1) is 34.8 Å². The number of aromatic nitrogens is 7. The van der Waals surface area contributed by atoms with Crippen LogP contribution in [0.2, 0.25) is 0 Å². The first-order valence-electron chi connectivity index (χ1n) is 13.0. The van der Waals surface area contributed by atoms with Gasteiger partial charge >= 0.3 is 0 Å². The van der Waals surface area contributed by atoms with Crippen LogP contribution in [-0.2, 0) is 16.5 Å². The molecule has 4 aromatic heterocycles. The summed E-state index contributed by atoms with van der Waals surface area (Å²) < 4.78 is 18.2. The van der Waals surface area contributed by atoms with Crippen LogP contribution in [0.1, 0.15) is 49.7 Å². The van der Waals surface area contributed by atoms with E-state index in [-0.39, 0.29) is 18.4 Å². The number of nitrogens with zero attached hydrogens (tertiary/aromatic N) is 8. The van der Waals surface area contributed by atoms with E-state index in [9.17, 15) is 0 Å². The third-order valence-corrected chi connectivity index (χ3v) is 7.74. The van der Waals surface area contributed by atoms with Crippen LogP contribution in [0.3, 0.4) is 0 Å². The highest BCUT2D eigenvalue weighted by Gasteiger charge is 2.35. The molecule has 3 aliphatic heterocycles. The summed E-state index contributed by atoms with van der Waals surface area (Å²) in [6, 6.07) is 6.35. The van der Waals surface area contributed by atoms with E-state index in [1.807, 2.05) is 34.0 Å². The number of anilines is 1. The molecule has 10 nitrogen and oxygen atoms in total. The average Bonchev–Trinajstić information content (AvgIpc) is 3.65. The zero-order valence-electron chi connectivity index (χ0n) is 21.1. The first-order chi connectivity index (χ1) is 17.5. The molecule has 7 rings (SSSR count). The topological polar surface area (TPSA) is 87.5 Å². The summed E-state index contributed by atoms with van der Waals surface area (Å²) in [5.74, 6) is 1.73. The molecule has 3 unspecified atom stereocenters. The van der Waals surface area contributed by atoms with E-state index < -0.39 is 0 Å². The summed E-state index contributed by atoms with van der Waals surface area (Å²) in [6.45, 7) is 6.55. The van der Waals surface area contributed by atoms with Crippen molar-refractivity contribution in [3.05, 3.63) is 35.8 Å². The van der Waals surface area contributed by atoms with Crippen molar-refractivity contribution in [1.82, 2.24) is 34.2 Å². The number of rotatable bonds is 4. The summed E-state index contributed by atoms with van der Waals surface area (Å²) in [7, 11) is 1.98. The number of morpholine rings is 1. The molecule has 2 bridgehead atoms. The van der Waals surface area contributed by atoms with Crippen molar-refractivity contribution in [3.8, 4) is 22.8 Å². The number of hydrogen-bond donors (Lipinski definition) is 0. The Balaban J connectivity index is 1.43. The Labute approximate surface area is 209 Å². The van der Waals surface area contributed by atoms with E-state index in [1.54, 1.807) is 0 Å². The van der Waals surface area contributed by atoms with Crippen molar-refractivity contribution in [2.45, 2.75) is 64.4 Å². The van der Waals surface area contributed by atoms with Gasteiger partial charge < -0.3 is 14.4 Å². The van der Waals surface area contributed by atoms with Gasteiger partial charge in [-0.05, 0) is 64.2 Å². The molecule has 3 saturated heterocycles. The number of imidazole rings is 1. The van der Waals surface area contributed by atoms with E-state index in [0.717, 1.165) is 97.3 Å². The molecule has 3 atom stereocenters. The molecule has 188 valence electrons. The van der Waals surface area contributed by atoms with Crippen LogP contribution in [0.5, 0.6) is 0 Å². The number of hydrogen-bond acceptors (Lipinski definition) is 7. The second-order valence-corrected chi connectivity index (χ2v) is 10.3. The molecule has 10 heteroatoms. The van der Waals surface area contributed by atoms with E-state index in [1.165, 1.54) is 0 Å². The Bertz CT molecular complexity index is 1420. The zero-order chi connectivity index (χ0) is 24.4. The number of ether oxygens (including phenoxy) is 2. The van der Waals surface area contributed by atoms with Crippen LogP contribution < -0.4 is 4.90 Å². The first kappa shape index (κ1) is 22.0. The molecule has 0 saturated carbocycles. The van der Waals surface area contributed by atoms with Gasteiger partial charge in [0.15, 0.2) is 17.9 Å². The van der Waals surface area contributed by atoms with Crippen molar-refractivity contribution in [3.63, 3.8) is 0 Å². The Morgan fingerprint density at radius 3 is 2.53 bits per heavy atom. The van der Waals surface area contributed by atoms with Crippen molar-refractivity contribution in [2.75, 3.05) is 24.6 Å². The predicted octanol–water partition coefficient (Wildman–Crippen LogP) is 3.68. The van der Waals surface area contributed by atoms with E-state index in [4.69, 9.17) is 24.7 Å². The molecular formula is C26H32N8O2. The molecule has 4 aromatic rings. The molecule has 0 N–H and O–H groups in total. The summed E-state index contributed by atoms with van der Waals surface area (Å²) in [5.41, 5.74) is 5.91. The van der Waals surface area contributed by atoms with Gasteiger partial charge in [-0.15, -0.1) is 5.10 Å². The third kappa shape index (κ3) is 3.54. The predicted molar refractivity (Wildman–Crippen MR) is 135 cm³/mol. The largest absolute Gasteiger partial charge is 0.371 e. The average molecular weight is 489 g/mol. The molecule has 0 aromatic carbocycles. The van der Waals surface area contributed by atoms with Gasteiger partial charge in [-0.1, -0.05) is 0 Å². The smallest absolute Gasteiger partial charge is 0.180 e. The van der Waals surface area contributed by atoms with Gasteiger partial charge in [-0.3, -0.25) is 4.68 Å². The second kappa shape index (κ2) is 8.41. The van der Waals surface area contributed by atoms with Gasteiger partial charge in [0.1, 0.15) is 5.69 Å². The lowest BCUT2D eigenvalue weighted by molar-refractivity contribution is -0.0386. The van der Waals surface area contributed by atoms with Crippen molar-refractivity contribution >= 4 is 11.3 Å². The molecule has 3 aliphatic rings. The minimum Gasteiger partial charge on any atom is -0.371 e. The lowest BCUT2D eigenvalue weighted by atomic mass is 10.1. The van der Waals surface area contributed by atoms with E-state index in [2.05, 4.69) is 35.1 Å². The fraction of sp³-hybridized carbons (Fsp3) is 0.538. The summed E-state index contributed by atoms with van der Waals surface area (Å²) in [5, 5.41) is 14.5. The maximum atomic E-state index is 6.12. The molecule has 0 aliphatic carbocycles. The van der Waals surface area contributed by atoms with Crippen LogP contribution in [-0.4, -0.2) is 66.1 Å². The normalized spacial score (nSPS) is 24.2. The Hall–Kier alpha value is -3.24. The summed E-state index contributed by atoms with van der Waals surface area (Å²) >= 11 is 0. The maximum Gasteiger partial charge on any atom is 0.180 e. The molecular weight excluding hydrogens is 456 g/mol. The van der Waals surface area contributed by atoms with Crippen LogP contribution in [0.25, 0.3) is 28.3 Å². The van der Waals surface area contributed by atoms with Crippen LogP contribution >= 0.6 is 0 Å². The lowest BCUT2D eigenvalue weighted by Gasteiger charge is -2.33. The molecule has 0 amide bonds. The number of aryl methyl sites for hydroxylation is 3. The molecule has 0 spiro atoms. The highest BCUT2D eigenvalue weighted by molar-refractivity contribution is 5.84. The van der Waals surface area contributed by atoms with Gasteiger partial charge in [0, 0.05) is 38.5 Å². The summed E-state index contributed by atoms with van der Waals surface area (Å²) in [6.07, 6.45) is 7.73. The highest BCUT2D eigenvalue weighted by Crippen LogP contribution is 2.36.